The SMILES string of the molecule is CCCCC(C)=CNC(=O)OCC. The van der Waals surface area contributed by atoms with Crippen LogP contribution in [0.4, 0.5) is 4.79 Å². The van der Waals surface area contributed by atoms with Crippen molar-refractivity contribution in [3.8, 4) is 0 Å². The van der Waals surface area contributed by atoms with E-state index in [9.17, 15) is 4.79 Å². The Morgan fingerprint density at radius 3 is 2.69 bits per heavy atom. The van der Waals surface area contributed by atoms with E-state index < -0.39 is 0 Å². The lowest BCUT2D eigenvalue weighted by molar-refractivity contribution is 0.156. The second kappa shape index (κ2) is 7.65. The minimum absolute atomic E-state index is 0.377. The molecule has 0 saturated carbocycles. The van der Waals surface area contributed by atoms with Gasteiger partial charge in [-0.05, 0) is 26.7 Å². The van der Waals surface area contributed by atoms with Gasteiger partial charge in [-0.15, -0.1) is 0 Å². The van der Waals surface area contributed by atoms with Crippen LogP contribution in [0, 0.1) is 0 Å². The average molecular weight is 185 g/mol. The van der Waals surface area contributed by atoms with Crippen LogP contribution in [0.25, 0.3) is 0 Å². The molecule has 0 heterocycles. The third kappa shape index (κ3) is 7.37. The van der Waals surface area contributed by atoms with Gasteiger partial charge in [0.2, 0.25) is 0 Å². The van der Waals surface area contributed by atoms with E-state index >= 15 is 0 Å². The van der Waals surface area contributed by atoms with Gasteiger partial charge >= 0.3 is 6.09 Å². The van der Waals surface area contributed by atoms with Crippen LogP contribution in [0.5, 0.6) is 0 Å². The molecule has 1 N–H and O–H groups in total. The zero-order valence-electron chi connectivity index (χ0n) is 8.72. The first-order valence-corrected chi connectivity index (χ1v) is 4.79. The number of rotatable bonds is 5. The second-order valence-electron chi connectivity index (χ2n) is 2.96. The van der Waals surface area contributed by atoms with Crippen LogP contribution >= 0.6 is 0 Å². The molecule has 0 radical (unpaired) electrons. The Morgan fingerprint density at radius 2 is 2.15 bits per heavy atom. The van der Waals surface area contributed by atoms with Crippen molar-refractivity contribution in [1.82, 2.24) is 5.32 Å². The highest BCUT2D eigenvalue weighted by atomic mass is 16.5. The molecule has 0 rings (SSSR count). The largest absolute Gasteiger partial charge is 0.450 e. The lowest BCUT2D eigenvalue weighted by atomic mass is 10.1. The Hall–Kier alpha value is -0.990. The highest BCUT2D eigenvalue weighted by molar-refractivity contribution is 5.68. The molecular weight excluding hydrogens is 166 g/mol. The Bertz CT molecular complexity index is 176. The second-order valence-corrected chi connectivity index (χ2v) is 2.96. The van der Waals surface area contributed by atoms with E-state index in [2.05, 4.69) is 12.2 Å². The lowest BCUT2D eigenvalue weighted by Gasteiger charge is -2.02. The minimum atomic E-state index is -0.377. The number of alkyl carbamates (subject to hydrolysis) is 1. The predicted molar refractivity (Wildman–Crippen MR) is 53.4 cm³/mol. The molecule has 1 amide bonds. The third-order valence-electron chi connectivity index (χ3n) is 1.64. The van der Waals surface area contributed by atoms with Crippen LogP contribution < -0.4 is 5.32 Å². The van der Waals surface area contributed by atoms with Crippen LogP contribution in [0.3, 0.4) is 0 Å². The molecule has 0 aromatic heterocycles. The number of hydrogen-bond donors (Lipinski definition) is 1. The van der Waals surface area contributed by atoms with Crippen molar-refractivity contribution in [3.63, 3.8) is 0 Å². The molecule has 3 heteroatoms. The Balaban J connectivity index is 3.62. The summed E-state index contributed by atoms with van der Waals surface area (Å²) in [4.78, 5) is 10.8. The van der Waals surface area contributed by atoms with Crippen molar-refractivity contribution in [2.75, 3.05) is 6.61 Å². The molecule has 0 aliphatic heterocycles. The topological polar surface area (TPSA) is 38.3 Å². The van der Waals surface area contributed by atoms with E-state index in [1.54, 1.807) is 13.1 Å². The summed E-state index contributed by atoms with van der Waals surface area (Å²) in [6.45, 7) is 6.34. The summed E-state index contributed by atoms with van der Waals surface area (Å²) in [6.07, 6.45) is 4.70. The van der Waals surface area contributed by atoms with Crippen LogP contribution in [0.2, 0.25) is 0 Å². The molecule has 3 nitrogen and oxygen atoms in total. The zero-order chi connectivity index (χ0) is 10.1. The molecule has 0 aliphatic carbocycles. The van der Waals surface area contributed by atoms with Gasteiger partial charge < -0.3 is 4.74 Å². The van der Waals surface area contributed by atoms with Crippen molar-refractivity contribution in [1.29, 1.82) is 0 Å². The summed E-state index contributed by atoms with van der Waals surface area (Å²) in [5, 5.41) is 2.57. The summed E-state index contributed by atoms with van der Waals surface area (Å²) in [5.74, 6) is 0. The Kier molecular flexibility index (Phi) is 7.07. The van der Waals surface area contributed by atoms with E-state index in [-0.39, 0.29) is 6.09 Å². The Morgan fingerprint density at radius 1 is 1.46 bits per heavy atom. The maximum Gasteiger partial charge on any atom is 0.411 e. The van der Waals surface area contributed by atoms with Gasteiger partial charge in [-0.3, -0.25) is 5.32 Å². The first-order chi connectivity index (χ1) is 6.20. The fourth-order valence-corrected chi connectivity index (χ4v) is 0.883. The van der Waals surface area contributed by atoms with Gasteiger partial charge in [0.15, 0.2) is 0 Å². The minimum Gasteiger partial charge on any atom is -0.450 e. The summed E-state index contributed by atoms with van der Waals surface area (Å²) in [5.41, 5.74) is 1.18. The normalized spacial score (nSPS) is 11.2. The maximum atomic E-state index is 10.8. The van der Waals surface area contributed by atoms with Crippen molar-refractivity contribution in [2.45, 2.75) is 40.0 Å². The van der Waals surface area contributed by atoms with Gasteiger partial charge in [0.25, 0.3) is 0 Å². The summed E-state index contributed by atoms with van der Waals surface area (Å²) >= 11 is 0. The molecule has 0 spiro atoms. The first-order valence-electron chi connectivity index (χ1n) is 4.79. The molecule has 0 aromatic rings. The van der Waals surface area contributed by atoms with Gasteiger partial charge in [0.1, 0.15) is 0 Å². The van der Waals surface area contributed by atoms with Gasteiger partial charge in [0, 0.05) is 6.20 Å². The van der Waals surface area contributed by atoms with E-state index in [1.807, 2.05) is 6.92 Å². The van der Waals surface area contributed by atoms with Crippen LogP contribution in [0.15, 0.2) is 11.8 Å². The van der Waals surface area contributed by atoms with Crippen molar-refractivity contribution in [3.05, 3.63) is 11.8 Å². The lowest BCUT2D eigenvalue weighted by Crippen LogP contribution is -2.18. The van der Waals surface area contributed by atoms with Gasteiger partial charge in [0.05, 0.1) is 6.61 Å². The number of carbonyl (C=O) groups is 1. The van der Waals surface area contributed by atoms with E-state index in [0.29, 0.717) is 6.61 Å². The summed E-state index contributed by atoms with van der Waals surface area (Å²) < 4.78 is 4.70. The number of amides is 1. The molecule has 0 bridgehead atoms. The van der Waals surface area contributed by atoms with Crippen LogP contribution in [-0.2, 0) is 4.74 Å². The smallest absolute Gasteiger partial charge is 0.411 e. The molecular formula is C10H19NO2. The fraction of sp³-hybridized carbons (Fsp3) is 0.700. The highest BCUT2D eigenvalue weighted by Crippen LogP contribution is 2.04. The molecule has 0 aromatic carbocycles. The van der Waals surface area contributed by atoms with Gasteiger partial charge in [-0.1, -0.05) is 18.9 Å². The Labute approximate surface area is 80.2 Å². The van der Waals surface area contributed by atoms with E-state index in [0.717, 1.165) is 12.8 Å². The van der Waals surface area contributed by atoms with Gasteiger partial charge in [-0.25, -0.2) is 4.79 Å². The van der Waals surface area contributed by atoms with E-state index in [1.165, 1.54) is 12.0 Å². The van der Waals surface area contributed by atoms with Crippen molar-refractivity contribution in [2.24, 2.45) is 0 Å². The zero-order valence-corrected chi connectivity index (χ0v) is 8.72. The summed E-state index contributed by atoms with van der Waals surface area (Å²) in [6, 6.07) is 0. The monoisotopic (exact) mass is 185 g/mol. The molecule has 76 valence electrons. The van der Waals surface area contributed by atoms with Crippen molar-refractivity contribution < 1.29 is 9.53 Å². The first kappa shape index (κ1) is 12.0. The van der Waals surface area contributed by atoms with Crippen LogP contribution in [-0.4, -0.2) is 12.7 Å². The molecule has 0 atom stereocenters. The highest BCUT2D eigenvalue weighted by Gasteiger charge is 1.95. The summed E-state index contributed by atoms with van der Waals surface area (Å²) in [7, 11) is 0. The molecule has 13 heavy (non-hydrogen) atoms. The third-order valence-corrected chi connectivity index (χ3v) is 1.64. The van der Waals surface area contributed by atoms with Gasteiger partial charge in [-0.2, -0.15) is 0 Å². The number of hydrogen-bond acceptors (Lipinski definition) is 2. The number of nitrogens with one attached hydrogen (secondary N) is 1. The quantitative estimate of drug-likeness (QED) is 0.715. The number of unbranched alkanes of at least 4 members (excludes halogenated alkanes) is 1. The average Bonchev–Trinajstić information content (AvgIpc) is 2.12. The molecule has 0 saturated heterocycles. The number of allylic oxidation sites excluding steroid dienone is 1. The number of carbonyl (C=O) groups excluding carboxylic acids is 1. The van der Waals surface area contributed by atoms with E-state index in [4.69, 9.17) is 4.74 Å². The predicted octanol–water partition coefficient (Wildman–Crippen LogP) is 2.83. The molecule has 0 aliphatic rings. The van der Waals surface area contributed by atoms with Crippen molar-refractivity contribution >= 4 is 6.09 Å². The number of ether oxygens (including phenoxy) is 1. The molecule has 0 unspecified atom stereocenters. The maximum absolute atomic E-state index is 10.8. The van der Waals surface area contributed by atoms with Crippen LogP contribution in [0.1, 0.15) is 40.0 Å². The standard InChI is InChI=1S/C10H19NO2/c1-4-6-7-9(3)8-11-10(12)13-5-2/h8H,4-7H2,1-3H3,(H,11,12). The molecule has 0 fully saturated rings. The fourth-order valence-electron chi connectivity index (χ4n) is 0.883.